The van der Waals surface area contributed by atoms with Crippen molar-refractivity contribution in [1.82, 2.24) is 19.3 Å². The van der Waals surface area contributed by atoms with Gasteiger partial charge in [-0.1, -0.05) is 41.9 Å². The molecule has 0 aliphatic heterocycles. The number of fused-ring (bicyclic) bond motifs is 3. The number of rotatable bonds is 5. The van der Waals surface area contributed by atoms with Gasteiger partial charge in [-0.15, -0.1) is 35.7 Å². The van der Waals surface area contributed by atoms with Crippen LogP contribution < -0.4 is 4.74 Å². The summed E-state index contributed by atoms with van der Waals surface area (Å²) in [5, 5.41) is 6.59. The number of hydrogen-bond acceptors (Lipinski definition) is 3. The molecule has 3 aromatic heterocycles. The van der Waals surface area contributed by atoms with Gasteiger partial charge in [-0.3, -0.25) is 4.68 Å². The molecule has 41 heavy (non-hydrogen) atoms. The van der Waals surface area contributed by atoms with E-state index in [2.05, 4.69) is 54.3 Å². The first kappa shape index (κ1) is 26.7. The van der Waals surface area contributed by atoms with E-state index in [0.29, 0.717) is 17.3 Å². The van der Waals surface area contributed by atoms with E-state index in [0.717, 1.165) is 33.1 Å². The molecule has 0 aliphatic carbocycles. The Labute approximate surface area is 251 Å². The van der Waals surface area contributed by atoms with Crippen LogP contribution in [-0.2, 0) is 21.1 Å². The standard InChI is InChI=1S/C34H23FN4O.Pt/c1-22-7-5-8-23(2)34(22)24-20-37-38(21-24)26-9-6-10-27(18-26)40-28-13-14-30-29-11-3-4-12-31(29)39(32(30)19-28)33-17-25(35)15-16-36-33;/h3-17,20-21H,1-2H3;/q-2;+2. The van der Waals surface area contributed by atoms with Crippen LogP contribution in [0.2, 0.25) is 0 Å². The molecular weight excluding hydrogens is 694 g/mol. The number of halogens is 1. The number of para-hydroxylation sites is 1. The van der Waals surface area contributed by atoms with Crippen molar-refractivity contribution in [2.45, 2.75) is 13.8 Å². The molecule has 0 spiro atoms. The Morgan fingerprint density at radius 1 is 0.805 bits per heavy atom. The molecule has 0 saturated carbocycles. The molecule has 7 rings (SSSR count). The van der Waals surface area contributed by atoms with Gasteiger partial charge in [-0.2, -0.15) is 17.2 Å². The van der Waals surface area contributed by atoms with E-state index in [4.69, 9.17) is 4.74 Å². The van der Waals surface area contributed by atoms with Crippen molar-refractivity contribution in [3.05, 3.63) is 133 Å². The van der Waals surface area contributed by atoms with E-state index in [9.17, 15) is 4.39 Å². The summed E-state index contributed by atoms with van der Waals surface area (Å²) in [6.07, 6.45) is 5.35. The Morgan fingerprint density at radius 2 is 1.59 bits per heavy atom. The van der Waals surface area contributed by atoms with E-state index in [1.165, 1.54) is 35.0 Å². The Hall–Kier alpha value is -4.54. The normalized spacial score (nSPS) is 11.1. The molecular formula is C34H23FN4OPt. The van der Waals surface area contributed by atoms with Crippen LogP contribution in [0.1, 0.15) is 11.1 Å². The van der Waals surface area contributed by atoms with Gasteiger partial charge in [0.1, 0.15) is 11.6 Å². The predicted molar refractivity (Wildman–Crippen MR) is 155 cm³/mol. The Bertz CT molecular complexity index is 2020. The third-order valence-corrected chi connectivity index (χ3v) is 7.07. The zero-order chi connectivity index (χ0) is 27.2. The molecule has 5 nitrogen and oxygen atoms in total. The van der Waals surface area contributed by atoms with E-state index in [1.807, 2.05) is 71.6 Å². The zero-order valence-corrected chi connectivity index (χ0v) is 24.5. The summed E-state index contributed by atoms with van der Waals surface area (Å²) in [7, 11) is 0. The van der Waals surface area contributed by atoms with Crippen molar-refractivity contribution in [3.8, 4) is 34.1 Å². The number of benzene rings is 4. The minimum absolute atomic E-state index is 0. The second-order valence-electron chi connectivity index (χ2n) is 9.71. The molecule has 7 aromatic rings. The molecule has 0 saturated heterocycles. The van der Waals surface area contributed by atoms with E-state index < -0.39 is 0 Å². The van der Waals surface area contributed by atoms with Gasteiger partial charge in [-0.05, 0) is 53.7 Å². The average molecular weight is 718 g/mol. The van der Waals surface area contributed by atoms with Crippen molar-refractivity contribution in [1.29, 1.82) is 0 Å². The number of ether oxygens (including phenoxy) is 1. The predicted octanol–water partition coefficient (Wildman–Crippen LogP) is 8.18. The minimum atomic E-state index is -0.353. The first-order valence-electron chi connectivity index (χ1n) is 12.9. The molecule has 0 amide bonds. The third-order valence-electron chi connectivity index (χ3n) is 7.07. The maximum Gasteiger partial charge on any atom is 2.00 e. The average Bonchev–Trinajstić information content (AvgIpc) is 3.56. The fraction of sp³-hybridized carbons (Fsp3) is 0.0588. The fourth-order valence-electron chi connectivity index (χ4n) is 5.29. The van der Waals surface area contributed by atoms with Crippen molar-refractivity contribution in [3.63, 3.8) is 0 Å². The quantitative estimate of drug-likeness (QED) is 0.169. The summed E-state index contributed by atoms with van der Waals surface area (Å²) in [5.41, 5.74) is 7.07. The summed E-state index contributed by atoms with van der Waals surface area (Å²) in [6.45, 7) is 4.22. The van der Waals surface area contributed by atoms with E-state index >= 15 is 0 Å². The van der Waals surface area contributed by atoms with Crippen LogP contribution in [0.3, 0.4) is 0 Å². The molecule has 4 aromatic carbocycles. The number of pyridine rings is 1. The van der Waals surface area contributed by atoms with E-state index in [1.54, 1.807) is 4.68 Å². The SMILES string of the molecule is Cc1cccc(C)c1-c1cnn(-c2[c-]c(Oc3[c-]c4c(cc3)c3ccccc3n4-c3cc(F)ccn3)ccc2)c1.[Pt+2]. The molecule has 0 radical (unpaired) electrons. The zero-order valence-electron chi connectivity index (χ0n) is 22.2. The molecule has 0 N–H and O–H groups in total. The first-order chi connectivity index (χ1) is 19.5. The summed E-state index contributed by atoms with van der Waals surface area (Å²) >= 11 is 0. The molecule has 0 fully saturated rings. The fourth-order valence-corrected chi connectivity index (χ4v) is 5.29. The van der Waals surface area contributed by atoms with Gasteiger partial charge in [-0.25, -0.2) is 9.37 Å². The second kappa shape index (κ2) is 10.8. The molecule has 0 unspecified atom stereocenters. The van der Waals surface area contributed by atoms with Gasteiger partial charge in [0.2, 0.25) is 0 Å². The summed E-state index contributed by atoms with van der Waals surface area (Å²) < 4.78 is 24.1. The van der Waals surface area contributed by atoms with Crippen molar-refractivity contribution in [2.75, 3.05) is 0 Å². The Balaban J connectivity index is 0.00000302. The summed E-state index contributed by atoms with van der Waals surface area (Å²) in [4.78, 5) is 4.42. The van der Waals surface area contributed by atoms with Gasteiger partial charge in [0.15, 0.2) is 0 Å². The van der Waals surface area contributed by atoms with Crippen LogP contribution in [0, 0.1) is 31.8 Å². The first-order valence-corrected chi connectivity index (χ1v) is 12.9. The summed E-state index contributed by atoms with van der Waals surface area (Å²) in [6, 6.07) is 33.3. The molecule has 3 heterocycles. The van der Waals surface area contributed by atoms with Gasteiger partial charge < -0.3 is 9.30 Å². The summed E-state index contributed by atoms with van der Waals surface area (Å²) in [5.74, 6) is 1.17. The maximum absolute atomic E-state index is 14.1. The number of nitrogens with zero attached hydrogens (tertiary/aromatic N) is 4. The van der Waals surface area contributed by atoms with Gasteiger partial charge >= 0.3 is 21.1 Å². The van der Waals surface area contributed by atoms with Crippen LogP contribution in [-0.4, -0.2) is 19.3 Å². The largest absolute Gasteiger partial charge is 2.00 e. The van der Waals surface area contributed by atoms with Gasteiger partial charge in [0.25, 0.3) is 0 Å². The number of aryl methyl sites for hydroxylation is 2. The monoisotopic (exact) mass is 717 g/mol. The van der Waals surface area contributed by atoms with Crippen LogP contribution in [0.5, 0.6) is 11.5 Å². The van der Waals surface area contributed by atoms with Gasteiger partial charge in [0, 0.05) is 41.0 Å². The topological polar surface area (TPSA) is 44.9 Å². The van der Waals surface area contributed by atoms with Crippen LogP contribution in [0.4, 0.5) is 4.39 Å². The third kappa shape index (κ3) is 4.85. The second-order valence-corrected chi connectivity index (χ2v) is 9.71. The molecule has 0 atom stereocenters. The molecule has 202 valence electrons. The smallest absolute Gasteiger partial charge is 0.509 e. The van der Waals surface area contributed by atoms with Crippen molar-refractivity contribution >= 4 is 21.8 Å². The van der Waals surface area contributed by atoms with Crippen molar-refractivity contribution < 1.29 is 30.2 Å². The molecule has 0 bridgehead atoms. The maximum atomic E-state index is 14.1. The minimum Gasteiger partial charge on any atom is -0.509 e. The Kier molecular flexibility index (Phi) is 7.02. The Morgan fingerprint density at radius 3 is 2.41 bits per heavy atom. The van der Waals surface area contributed by atoms with Crippen molar-refractivity contribution in [2.24, 2.45) is 0 Å². The molecule has 7 heteroatoms. The van der Waals surface area contributed by atoms with Crippen LogP contribution >= 0.6 is 0 Å². The molecule has 0 aliphatic rings. The van der Waals surface area contributed by atoms with E-state index in [-0.39, 0.29) is 26.9 Å². The van der Waals surface area contributed by atoms with Gasteiger partial charge in [0.05, 0.1) is 6.20 Å². The number of aromatic nitrogens is 4. The van der Waals surface area contributed by atoms with Crippen LogP contribution in [0.25, 0.3) is 44.4 Å². The number of hydrogen-bond donors (Lipinski definition) is 0. The van der Waals surface area contributed by atoms with Crippen LogP contribution in [0.15, 0.2) is 104 Å².